The average Bonchev–Trinajstić information content (AvgIpc) is 3.08. The average molecular weight is 308 g/mol. The molecule has 2 aromatic heterocycles. The van der Waals surface area contributed by atoms with Crippen molar-refractivity contribution in [3.05, 3.63) is 53.5 Å². The molecular weight excluding hydrogens is 299 g/mol. The minimum atomic E-state index is -1.41. The number of benzene rings is 1. The molecule has 0 N–H and O–H groups in total. The first-order chi connectivity index (χ1) is 9.72. The molecule has 1 aromatic carbocycles. The van der Waals surface area contributed by atoms with Crippen molar-refractivity contribution in [3.8, 4) is 10.7 Å². The molecule has 102 valence electrons. The summed E-state index contributed by atoms with van der Waals surface area (Å²) in [6.45, 7) is 0. The Bertz CT molecular complexity index is 740. The molecule has 0 aliphatic rings. The standard InChI is InChI=1S/C13H9FN2O2S2/c14-9-3-1-4-10(7-9)20(17)8-12-15-13(16-18-12)11-5-2-6-19-11/h1-7H,8H2/t20-/m1/s1. The largest absolute Gasteiger partial charge is 0.338 e. The molecule has 0 saturated heterocycles. The van der Waals surface area contributed by atoms with E-state index >= 15 is 0 Å². The smallest absolute Gasteiger partial charge is 0.239 e. The zero-order valence-electron chi connectivity index (χ0n) is 10.2. The van der Waals surface area contributed by atoms with Crippen LogP contribution in [0.1, 0.15) is 5.89 Å². The quantitative estimate of drug-likeness (QED) is 0.742. The molecule has 2 heterocycles. The fourth-order valence-corrected chi connectivity index (χ4v) is 3.26. The first-order valence-corrected chi connectivity index (χ1v) is 7.92. The molecule has 0 fully saturated rings. The number of nitrogens with zero attached hydrogens (tertiary/aromatic N) is 2. The Balaban J connectivity index is 1.77. The van der Waals surface area contributed by atoms with Crippen LogP contribution in [0.25, 0.3) is 10.7 Å². The van der Waals surface area contributed by atoms with Crippen molar-refractivity contribution in [2.45, 2.75) is 10.6 Å². The van der Waals surface area contributed by atoms with Gasteiger partial charge in [-0.1, -0.05) is 17.3 Å². The van der Waals surface area contributed by atoms with Crippen molar-refractivity contribution in [2.75, 3.05) is 0 Å². The SMILES string of the molecule is O=[S@](Cc1nc(-c2cccs2)no1)c1cccc(F)c1. The molecular formula is C13H9FN2O2S2. The maximum atomic E-state index is 13.1. The Kier molecular flexibility index (Phi) is 3.70. The molecule has 20 heavy (non-hydrogen) atoms. The predicted octanol–water partition coefficient (Wildman–Crippen LogP) is 3.25. The van der Waals surface area contributed by atoms with Gasteiger partial charge in [0.1, 0.15) is 11.6 Å². The maximum Gasteiger partial charge on any atom is 0.239 e. The fraction of sp³-hybridized carbons (Fsp3) is 0.0769. The van der Waals surface area contributed by atoms with Crippen LogP contribution < -0.4 is 0 Å². The van der Waals surface area contributed by atoms with Gasteiger partial charge in [0.05, 0.1) is 15.7 Å². The van der Waals surface area contributed by atoms with Crippen molar-refractivity contribution in [3.63, 3.8) is 0 Å². The lowest BCUT2D eigenvalue weighted by Gasteiger charge is -1.98. The summed E-state index contributed by atoms with van der Waals surface area (Å²) in [5.74, 6) is 0.407. The molecule has 0 amide bonds. The van der Waals surface area contributed by atoms with Crippen LogP contribution >= 0.6 is 11.3 Å². The lowest BCUT2D eigenvalue weighted by atomic mass is 10.4. The highest BCUT2D eigenvalue weighted by molar-refractivity contribution is 7.84. The summed E-state index contributed by atoms with van der Waals surface area (Å²) in [5, 5.41) is 5.75. The van der Waals surface area contributed by atoms with Crippen LogP contribution in [0.4, 0.5) is 4.39 Å². The molecule has 0 unspecified atom stereocenters. The van der Waals surface area contributed by atoms with Gasteiger partial charge in [0, 0.05) is 4.90 Å². The molecule has 0 aliphatic carbocycles. The molecule has 0 aliphatic heterocycles. The number of aromatic nitrogens is 2. The zero-order chi connectivity index (χ0) is 13.9. The zero-order valence-corrected chi connectivity index (χ0v) is 11.8. The normalized spacial score (nSPS) is 12.4. The van der Waals surface area contributed by atoms with Gasteiger partial charge in [-0.05, 0) is 29.6 Å². The maximum absolute atomic E-state index is 13.1. The predicted molar refractivity (Wildman–Crippen MR) is 74.1 cm³/mol. The van der Waals surface area contributed by atoms with E-state index in [4.69, 9.17) is 4.52 Å². The summed E-state index contributed by atoms with van der Waals surface area (Å²) in [5.41, 5.74) is 0. The molecule has 1 atom stereocenters. The van der Waals surface area contributed by atoms with Gasteiger partial charge in [0.2, 0.25) is 11.7 Å². The van der Waals surface area contributed by atoms with Crippen LogP contribution in [0.15, 0.2) is 51.2 Å². The lowest BCUT2D eigenvalue weighted by Crippen LogP contribution is -1.97. The monoisotopic (exact) mass is 308 g/mol. The highest BCUT2D eigenvalue weighted by Crippen LogP contribution is 2.22. The third-order valence-corrected chi connectivity index (χ3v) is 4.68. The first-order valence-electron chi connectivity index (χ1n) is 5.73. The summed E-state index contributed by atoms with van der Waals surface area (Å²) in [6, 6.07) is 9.45. The number of hydrogen-bond donors (Lipinski definition) is 0. The Morgan fingerprint density at radius 2 is 2.20 bits per heavy atom. The summed E-state index contributed by atoms with van der Waals surface area (Å²) >= 11 is 1.50. The van der Waals surface area contributed by atoms with Gasteiger partial charge in [-0.25, -0.2) is 4.39 Å². The Morgan fingerprint density at radius 1 is 1.30 bits per heavy atom. The molecule has 0 saturated carbocycles. The second kappa shape index (κ2) is 5.64. The van der Waals surface area contributed by atoms with Crippen molar-refractivity contribution in [1.82, 2.24) is 10.1 Å². The molecule has 3 aromatic rings. The molecule has 3 rings (SSSR count). The van der Waals surface area contributed by atoms with Gasteiger partial charge in [0.25, 0.3) is 0 Å². The van der Waals surface area contributed by atoms with Gasteiger partial charge in [-0.2, -0.15) is 4.98 Å². The summed E-state index contributed by atoms with van der Waals surface area (Å²) in [7, 11) is -1.41. The fourth-order valence-electron chi connectivity index (χ4n) is 1.62. The molecule has 4 nitrogen and oxygen atoms in total. The van der Waals surface area contributed by atoms with Crippen LogP contribution in [-0.2, 0) is 16.6 Å². The highest BCUT2D eigenvalue weighted by Gasteiger charge is 2.13. The van der Waals surface area contributed by atoms with Gasteiger partial charge in [-0.15, -0.1) is 11.3 Å². The second-order valence-electron chi connectivity index (χ2n) is 3.94. The van der Waals surface area contributed by atoms with E-state index in [1.807, 2.05) is 17.5 Å². The third-order valence-electron chi connectivity index (χ3n) is 2.52. The van der Waals surface area contributed by atoms with Crippen molar-refractivity contribution in [2.24, 2.45) is 0 Å². The van der Waals surface area contributed by atoms with Gasteiger partial charge >= 0.3 is 0 Å². The Labute approximate surface area is 120 Å². The van der Waals surface area contributed by atoms with E-state index in [1.54, 1.807) is 6.07 Å². The summed E-state index contributed by atoms with van der Waals surface area (Å²) in [4.78, 5) is 5.48. The first kappa shape index (κ1) is 13.1. The number of rotatable bonds is 4. The van der Waals surface area contributed by atoms with E-state index in [0.29, 0.717) is 10.7 Å². The van der Waals surface area contributed by atoms with Crippen LogP contribution in [0, 0.1) is 5.82 Å². The topological polar surface area (TPSA) is 56.0 Å². The summed E-state index contributed by atoms with van der Waals surface area (Å²) in [6.07, 6.45) is 0. The van der Waals surface area contributed by atoms with E-state index in [1.165, 1.54) is 29.5 Å². The highest BCUT2D eigenvalue weighted by atomic mass is 32.2. The van der Waals surface area contributed by atoms with E-state index in [0.717, 1.165) is 4.88 Å². The summed E-state index contributed by atoms with van der Waals surface area (Å²) < 4.78 is 30.2. The van der Waals surface area contributed by atoms with E-state index in [-0.39, 0.29) is 11.6 Å². The Hall–Kier alpha value is -1.86. The van der Waals surface area contributed by atoms with Crippen LogP contribution in [0.2, 0.25) is 0 Å². The molecule has 0 radical (unpaired) electrons. The van der Waals surface area contributed by atoms with Crippen molar-refractivity contribution in [1.29, 1.82) is 0 Å². The second-order valence-corrected chi connectivity index (χ2v) is 6.34. The molecule has 0 spiro atoms. The van der Waals surface area contributed by atoms with Gasteiger partial charge in [0.15, 0.2) is 0 Å². The van der Waals surface area contributed by atoms with E-state index in [9.17, 15) is 8.60 Å². The van der Waals surface area contributed by atoms with E-state index < -0.39 is 16.6 Å². The third kappa shape index (κ3) is 2.83. The molecule has 0 bridgehead atoms. The number of hydrogen-bond acceptors (Lipinski definition) is 5. The van der Waals surface area contributed by atoms with E-state index in [2.05, 4.69) is 10.1 Å². The Morgan fingerprint density at radius 3 is 2.95 bits per heavy atom. The minimum absolute atomic E-state index is 0.0713. The van der Waals surface area contributed by atoms with Gasteiger partial charge < -0.3 is 4.52 Å². The number of halogens is 1. The minimum Gasteiger partial charge on any atom is -0.338 e. The molecule has 7 heteroatoms. The van der Waals surface area contributed by atoms with Crippen molar-refractivity contribution >= 4 is 22.1 Å². The lowest BCUT2D eigenvalue weighted by molar-refractivity contribution is 0.391. The van der Waals surface area contributed by atoms with Crippen LogP contribution in [0.5, 0.6) is 0 Å². The number of thiophene rings is 1. The van der Waals surface area contributed by atoms with Crippen LogP contribution in [-0.4, -0.2) is 14.3 Å². The van der Waals surface area contributed by atoms with Crippen LogP contribution in [0.3, 0.4) is 0 Å². The van der Waals surface area contributed by atoms with Gasteiger partial charge in [-0.3, -0.25) is 4.21 Å². The van der Waals surface area contributed by atoms with Crippen molar-refractivity contribution < 1.29 is 13.1 Å².